The van der Waals surface area contributed by atoms with Crippen LogP contribution in [0.15, 0.2) is 36.0 Å². The lowest BCUT2D eigenvalue weighted by Crippen LogP contribution is -2.18. The fraction of sp³-hybridized carbons (Fsp3) is 0.167. The molecule has 0 fully saturated rings. The Bertz CT molecular complexity index is 577. The van der Waals surface area contributed by atoms with Gasteiger partial charge in [-0.15, -0.1) is 0 Å². The number of aliphatic hydroxyl groups excluding tert-OH is 1. The number of nitrogens with one attached hydrogen (secondary N) is 2. The summed E-state index contributed by atoms with van der Waals surface area (Å²) in [6, 6.07) is 7.07. The molecule has 0 spiro atoms. The van der Waals surface area contributed by atoms with E-state index in [0.717, 1.165) is 0 Å². The second kappa shape index (κ2) is 7.50. The van der Waals surface area contributed by atoms with E-state index in [1.807, 2.05) is 0 Å². The molecule has 0 unspecified atom stereocenters. The van der Waals surface area contributed by atoms with Gasteiger partial charge in [0.05, 0.1) is 11.5 Å². The summed E-state index contributed by atoms with van der Waals surface area (Å²) >= 11 is 0. The van der Waals surface area contributed by atoms with Crippen LogP contribution in [-0.4, -0.2) is 29.1 Å². The van der Waals surface area contributed by atoms with Gasteiger partial charge in [0.1, 0.15) is 11.6 Å². The largest absolute Gasteiger partial charge is 0.395 e. The van der Waals surface area contributed by atoms with Crippen molar-refractivity contribution in [2.45, 2.75) is 0 Å². The third kappa shape index (κ3) is 4.40. The molecule has 0 saturated heterocycles. The van der Waals surface area contributed by atoms with Gasteiger partial charge in [0.25, 0.3) is 11.6 Å². The summed E-state index contributed by atoms with van der Waals surface area (Å²) in [4.78, 5) is 21.8. The minimum Gasteiger partial charge on any atom is -0.395 e. The van der Waals surface area contributed by atoms with E-state index in [2.05, 4.69) is 10.6 Å². The SMILES string of the molecule is N#C/C(=C/NCCO)C(=O)Nc1cccc([N+](=O)[O-])c1. The molecule has 0 aliphatic heterocycles. The maximum absolute atomic E-state index is 11.7. The zero-order valence-electron chi connectivity index (χ0n) is 10.4. The summed E-state index contributed by atoms with van der Waals surface area (Å²) in [5.74, 6) is -0.696. The normalized spacial score (nSPS) is 10.5. The van der Waals surface area contributed by atoms with Gasteiger partial charge in [-0.2, -0.15) is 5.26 Å². The number of nitro benzene ring substituents is 1. The van der Waals surface area contributed by atoms with Gasteiger partial charge in [-0.3, -0.25) is 14.9 Å². The Balaban J connectivity index is 2.79. The molecule has 1 aromatic rings. The summed E-state index contributed by atoms with van der Waals surface area (Å²) in [5, 5.41) is 33.0. The van der Waals surface area contributed by atoms with Gasteiger partial charge in [0.15, 0.2) is 0 Å². The molecular weight excluding hydrogens is 264 g/mol. The standard InChI is InChI=1S/C12H12N4O4/c13-7-9(8-14-4-5-17)12(18)15-10-2-1-3-11(6-10)16(19)20/h1-3,6,8,14,17H,4-5H2,(H,15,18)/b9-8-. The number of non-ortho nitro benzene ring substituents is 1. The minimum atomic E-state index is -0.696. The molecule has 0 bridgehead atoms. The van der Waals surface area contributed by atoms with E-state index in [-0.39, 0.29) is 30.1 Å². The molecule has 8 nitrogen and oxygen atoms in total. The number of hydrogen-bond acceptors (Lipinski definition) is 6. The minimum absolute atomic E-state index is 0.137. The average molecular weight is 276 g/mol. The van der Waals surface area contributed by atoms with Crippen molar-refractivity contribution in [1.82, 2.24) is 5.32 Å². The quantitative estimate of drug-likeness (QED) is 0.228. The van der Waals surface area contributed by atoms with Crippen molar-refractivity contribution in [3.8, 4) is 6.07 Å². The predicted molar refractivity (Wildman–Crippen MR) is 70.5 cm³/mol. The fourth-order valence-corrected chi connectivity index (χ4v) is 1.28. The molecule has 1 aromatic carbocycles. The lowest BCUT2D eigenvalue weighted by molar-refractivity contribution is -0.384. The molecule has 0 aliphatic carbocycles. The summed E-state index contributed by atoms with van der Waals surface area (Å²) in [7, 11) is 0. The van der Waals surface area contributed by atoms with Gasteiger partial charge in [0.2, 0.25) is 0 Å². The number of nitro groups is 1. The first-order valence-corrected chi connectivity index (χ1v) is 5.58. The first-order valence-electron chi connectivity index (χ1n) is 5.58. The van der Waals surface area contributed by atoms with Gasteiger partial charge in [0, 0.05) is 30.6 Å². The monoisotopic (exact) mass is 276 g/mol. The van der Waals surface area contributed by atoms with Crippen LogP contribution in [0, 0.1) is 21.4 Å². The number of anilines is 1. The summed E-state index contributed by atoms with van der Waals surface area (Å²) in [6.07, 6.45) is 1.17. The Morgan fingerprint density at radius 2 is 2.30 bits per heavy atom. The highest BCUT2D eigenvalue weighted by Gasteiger charge is 2.11. The second-order valence-electron chi connectivity index (χ2n) is 3.61. The van der Waals surface area contributed by atoms with E-state index in [9.17, 15) is 14.9 Å². The maximum Gasteiger partial charge on any atom is 0.271 e. The third-order valence-electron chi connectivity index (χ3n) is 2.18. The zero-order valence-corrected chi connectivity index (χ0v) is 10.4. The van der Waals surface area contributed by atoms with Gasteiger partial charge in [-0.1, -0.05) is 6.07 Å². The van der Waals surface area contributed by atoms with Crippen LogP contribution in [0.4, 0.5) is 11.4 Å². The maximum atomic E-state index is 11.7. The molecule has 3 N–H and O–H groups in total. The Kier molecular flexibility index (Phi) is 5.68. The van der Waals surface area contributed by atoms with Crippen LogP contribution >= 0.6 is 0 Å². The first kappa shape index (κ1) is 15.1. The van der Waals surface area contributed by atoms with Crippen molar-refractivity contribution in [3.05, 3.63) is 46.2 Å². The van der Waals surface area contributed by atoms with E-state index >= 15 is 0 Å². The first-order chi connectivity index (χ1) is 9.58. The molecule has 0 atom stereocenters. The predicted octanol–water partition coefficient (Wildman–Crippen LogP) is 0.523. The van der Waals surface area contributed by atoms with Crippen molar-refractivity contribution >= 4 is 17.3 Å². The van der Waals surface area contributed by atoms with Crippen LogP contribution in [0.2, 0.25) is 0 Å². The van der Waals surface area contributed by atoms with Gasteiger partial charge in [-0.25, -0.2) is 0 Å². The van der Waals surface area contributed by atoms with E-state index in [1.165, 1.54) is 30.5 Å². The van der Waals surface area contributed by atoms with Crippen LogP contribution in [0.1, 0.15) is 0 Å². The molecule has 1 amide bonds. The highest BCUT2D eigenvalue weighted by atomic mass is 16.6. The number of aliphatic hydroxyl groups is 1. The number of amides is 1. The molecule has 1 rings (SSSR count). The molecule has 0 aliphatic rings. The van der Waals surface area contributed by atoms with Gasteiger partial charge in [-0.05, 0) is 6.07 Å². The molecule has 8 heteroatoms. The number of carbonyl (C=O) groups is 1. The van der Waals surface area contributed by atoms with E-state index in [0.29, 0.717) is 0 Å². The summed E-state index contributed by atoms with van der Waals surface area (Å²) in [5.41, 5.74) is -0.152. The molecule has 104 valence electrons. The highest BCUT2D eigenvalue weighted by molar-refractivity contribution is 6.06. The lowest BCUT2D eigenvalue weighted by Gasteiger charge is -2.04. The topological polar surface area (TPSA) is 128 Å². The summed E-state index contributed by atoms with van der Waals surface area (Å²) in [6.45, 7) is 0.0664. The Morgan fingerprint density at radius 1 is 1.55 bits per heavy atom. The van der Waals surface area contributed by atoms with Crippen molar-refractivity contribution in [2.24, 2.45) is 0 Å². The van der Waals surface area contributed by atoms with Crippen LogP contribution in [0.5, 0.6) is 0 Å². The average Bonchev–Trinajstić information content (AvgIpc) is 2.43. The van der Waals surface area contributed by atoms with Crippen LogP contribution in [0.3, 0.4) is 0 Å². The summed E-state index contributed by atoms with van der Waals surface area (Å²) < 4.78 is 0. The lowest BCUT2D eigenvalue weighted by atomic mass is 10.2. The van der Waals surface area contributed by atoms with Crippen LogP contribution < -0.4 is 10.6 Å². The fourth-order valence-electron chi connectivity index (χ4n) is 1.28. The second-order valence-corrected chi connectivity index (χ2v) is 3.61. The van der Waals surface area contributed by atoms with Gasteiger partial charge >= 0.3 is 0 Å². The molecule has 0 radical (unpaired) electrons. The molecule has 20 heavy (non-hydrogen) atoms. The number of hydrogen-bond donors (Lipinski definition) is 3. The van der Waals surface area contributed by atoms with E-state index in [1.54, 1.807) is 6.07 Å². The number of rotatable bonds is 6. The Morgan fingerprint density at radius 3 is 2.90 bits per heavy atom. The van der Waals surface area contributed by atoms with Crippen molar-refractivity contribution < 1.29 is 14.8 Å². The van der Waals surface area contributed by atoms with Crippen LogP contribution in [-0.2, 0) is 4.79 Å². The number of benzene rings is 1. The van der Waals surface area contributed by atoms with Gasteiger partial charge < -0.3 is 15.7 Å². The van der Waals surface area contributed by atoms with Crippen molar-refractivity contribution in [3.63, 3.8) is 0 Å². The van der Waals surface area contributed by atoms with E-state index in [4.69, 9.17) is 10.4 Å². The van der Waals surface area contributed by atoms with Crippen molar-refractivity contribution in [1.29, 1.82) is 5.26 Å². The zero-order chi connectivity index (χ0) is 15.0. The Hall–Kier alpha value is -2.92. The van der Waals surface area contributed by atoms with Crippen LogP contribution in [0.25, 0.3) is 0 Å². The molecule has 0 heterocycles. The highest BCUT2D eigenvalue weighted by Crippen LogP contribution is 2.17. The molecule has 0 saturated carbocycles. The van der Waals surface area contributed by atoms with Crippen molar-refractivity contribution in [2.75, 3.05) is 18.5 Å². The third-order valence-corrected chi connectivity index (χ3v) is 2.18. The number of nitriles is 1. The Labute approximate surface area is 114 Å². The van der Waals surface area contributed by atoms with E-state index < -0.39 is 10.8 Å². The number of carbonyl (C=O) groups excluding carboxylic acids is 1. The number of nitrogens with zero attached hydrogens (tertiary/aromatic N) is 2. The smallest absolute Gasteiger partial charge is 0.271 e. The molecular formula is C12H12N4O4. The molecule has 0 aromatic heterocycles.